The summed E-state index contributed by atoms with van der Waals surface area (Å²) in [6, 6.07) is -0.631. The van der Waals surface area contributed by atoms with Gasteiger partial charge < -0.3 is 15.2 Å². The number of likely N-dealkylation sites (N-methyl/N-ethyl adjacent to an activating group) is 1. The number of esters is 1. The van der Waals surface area contributed by atoms with E-state index in [1.54, 1.807) is 13.8 Å². The Balaban J connectivity index is 4.65. The Hall–Kier alpha value is -1.14. The van der Waals surface area contributed by atoms with Crippen LogP contribution in [-0.2, 0) is 14.3 Å². The molecule has 1 amide bonds. The average Bonchev–Trinajstić information content (AvgIpc) is 2.40. The molecule has 2 N–H and O–H groups in total. The highest BCUT2D eigenvalue weighted by atomic mass is 16.5. The van der Waals surface area contributed by atoms with Crippen LogP contribution >= 0.6 is 0 Å². The van der Waals surface area contributed by atoms with Crippen LogP contribution in [-0.4, -0.2) is 60.3 Å². The molecule has 2 atom stereocenters. The van der Waals surface area contributed by atoms with Gasteiger partial charge in [0.1, 0.15) is 6.04 Å². The number of hydrogen-bond donors (Lipinski definition) is 2. The number of aliphatic hydroxyl groups is 1. The molecule has 0 saturated carbocycles. The van der Waals surface area contributed by atoms with Crippen LogP contribution in [0.4, 0.5) is 0 Å². The van der Waals surface area contributed by atoms with Gasteiger partial charge in [0, 0.05) is 6.54 Å². The normalized spacial score (nSPS) is 14.7. The summed E-state index contributed by atoms with van der Waals surface area (Å²) in [5.74, 6) is -0.661. The van der Waals surface area contributed by atoms with Gasteiger partial charge in [-0.05, 0) is 26.3 Å². The molecule has 0 heterocycles. The highest BCUT2D eigenvalue weighted by molar-refractivity contribution is 5.85. The summed E-state index contributed by atoms with van der Waals surface area (Å²) in [5.41, 5.74) is -0.866. The lowest BCUT2D eigenvalue weighted by Gasteiger charge is -2.28. The number of amides is 1. The molecule has 6 nitrogen and oxygen atoms in total. The van der Waals surface area contributed by atoms with Gasteiger partial charge in [0.15, 0.2) is 0 Å². The Morgan fingerprint density at radius 2 is 1.90 bits per heavy atom. The summed E-state index contributed by atoms with van der Waals surface area (Å²) in [5, 5.41) is 12.6. The minimum atomic E-state index is -0.866. The monoisotopic (exact) mass is 302 g/mol. The second kappa shape index (κ2) is 9.00. The van der Waals surface area contributed by atoms with Gasteiger partial charge in [0.25, 0.3) is 0 Å². The Morgan fingerprint density at radius 3 is 2.29 bits per heavy atom. The fraction of sp³-hybridized carbons (Fsp3) is 0.867. The maximum atomic E-state index is 12.1. The number of methoxy groups -OCH3 is 1. The minimum absolute atomic E-state index is 0.00533. The zero-order valence-corrected chi connectivity index (χ0v) is 14.1. The molecular weight excluding hydrogens is 272 g/mol. The molecule has 6 heteroatoms. The van der Waals surface area contributed by atoms with Gasteiger partial charge in [0.05, 0.1) is 19.3 Å². The number of carbonyl (C=O) groups is 2. The standard InChI is InChI=1S/C15H30N2O4/c1-7-11(3)13(14(19)21-6)16-12(18)9-17(8-2)10-15(4,5)20/h11,13,20H,7-10H2,1-6H3,(H,16,18). The number of carbonyl (C=O) groups excluding carboxylic acids is 2. The summed E-state index contributed by atoms with van der Waals surface area (Å²) in [7, 11) is 1.32. The van der Waals surface area contributed by atoms with E-state index >= 15 is 0 Å². The summed E-state index contributed by atoms with van der Waals surface area (Å²) < 4.78 is 4.74. The largest absolute Gasteiger partial charge is 0.467 e. The van der Waals surface area contributed by atoms with E-state index in [1.807, 2.05) is 25.7 Å². The van der Waals surface area contributed by atoms with Crippen LogP contribution in [0.15, 0.2) is 0 Å². The molecule has 0 bridgehead atoms. The maximum absolute atomic E-state index is 12.1. The van der Waals surface area contributed by atoms with Gasteiger partial charge in [0.2, 0.25) is 5.91 Å². The molecule has 21 heavy (non-hydrogen) atoms. The summed E-state index contributed by atoms with van der Waals surface area (Å²) in [6.45, 7) is 10.4. The van der Waals surface area contributed by atoms with Crippen LogP contribution in [0.5, 0.6) is 0 Å². The van der Waals surface area contributed by atoms with Gasteiger partial charge in [-0.1, -0.05) is 27.2 Å². The van der Waals surface area contributed by atoms with E-state index < -0.39 is 17.6 Å². The first-order valence-electron chi connectivity index (χ1n) is 7.46. The van der Waals surface area contributed by atoms with Crippen molar-refractivity contribution in [1.82, 2.24) is 10.2 Å². The number of ether oxygens (including phenoxy) is 1. The molecule has 0 aliphatic rings. The van der Waals surface area contributed by atoms with E-state index in [-0.39, 0.29) is 18.4 Å². The molecule has 0 aromatic heterocycles. The van der Waals surface area contributed by atoms with Crippen molar-refractivity contribution in [2.24, 2.45) is 5.92 Å². The smallest absolute Gasteiger partial charge is 0.328 e. The molecule has 0 spiro atoms. The Kier molecular flexibility index (Phi) is 8.51. The molecule has 124 valence electrons. The van der Waals surface area contributed by atoms with E-state index in [1.165, 1.54) is 7.11 Å². The quantitative estimate of drug-likeness (QED) is 0.616. The van der Waals surface area contributed by atoms with Crippen LogP contribution in [0.2, 0.25) is 0 Å². The third-order valence-corrected chi connectivity index (χ3v) is 3.41. The van der Waals surface area contributed by atoms with E-state index in [4.69, 9.17) is 4.74 Å². The summed E-state index contributed by atoms with van der Waals surface area (Å²) in [4.78, 5) is 25.7. The molecule has 0 aromatic carbocycles. The third kappa shape index (κ3) is 8.02. The number of rotatable bonds is 9. The predicted molar refractivity (Wildman–Crippen MR) is 81.8 cm³/mol. The van der Waals surface area contributed by atoms with Crippen molar-refractivity contribution in [3.8, 4) is 0 Å². The second-order valence-corrected chi connectivity index (χ2v) is 6.07. The van der Waals surface area contributed by atoms with Crippen LogP contribution < -0.4 is 5.32 Å². The predicted octanol–water partition coefficient (Wildman–Crippen LogP) is 0.783. The Bertz CT molecular complexity index is 339. The Morgan fingerprint density at radius 1 is 1.33 bits per heavy atom. The van der Waals surface area contributed by atoms with Crippen molar-refractivity contribution in [1.29, 1.82) is 0 Å². The van der Waals surface area contributed by atoms with Gasteiger partial charge >= 0.3 is 5.97 Å². The molecule has 0 aliphatic heterocycles. The van der Waals surface area contributed by atoms with Gasteiger partial charge in [-0.3, -0.25) is 9.69 Å². The van der Waals surface area contributed by atoms with Gasteiger partial charge in [-0.15, -0.1) is 0 Å². The summed E-state index contributed by atoms with van der Waals surface area (Å²) >= 11 is 0. The Labute approximate surface area is 127 Å². The third-order valence-electron chi connectivity index (χ3n) is 3.41. The van der Waals surface area contributed by atoms with Crippen molar-refractivity contribution in [2.75, 3.05) is 26.7 Å². The molecule has 0 aromatic rings. The van der Waals surface area contributed by atoms with E-state index in [2.05, 4.69) is 5.32 Å². The van der Waals surface area contributed by atoms with Crippen molar-refractivity contribution < 1.29 is 19.4 Å². The number of nitrogens with one attached hydrogen (secondary N) is 1. The molecular formula is C15H30N2O4. The highest BCUT2D eigenvalue weighted by Crippen LogP contribution is 2.10. The van der Waals surface area contributed by atoms with Crippen LogP contribution in [0.25, 0.3) is 0 Å². The topological polar surface area (TPSA) is 78.9 Å². The van der Waals surface area contributed by atoms with Crippen molar-refractivity contribution in [3.63, 3.8) is 0 Å². The first kappa shape index (κ1) is 19.9. The van der Waals surface area contributed by atoms with Crippen LogP contribution in [0.1, 0.15) is 41.0 Å². The summed E-state index contributed by atoms with van der Waals surface area (Å²) in [6.07, 6.45) is 0.765. The van der Waals surface area contributed by atoms with Gasteiger partial charge in [-0.2, -0.15) is 0 Å². The molecule has 0 saturated heterocycles. The lowest BCUT2D eigenvalue weighted by molar-refractivity contribution is -0.146. The SMILES string of the molecule is CCC(C)C(NC(=O)CN(CC)CC(C)(C)O)C(=O)OC. The first-order chi connectivity index (χ1) is 9.64. The number of nitrogens with zero attached hydrogens (tertiary/aromatic N) is 1. The highest BCUT2D eigenvalue weighted by Gasteiger charge is 2.27. The zero-order chi connectivity index (χ0) is 16.6. The zero-order valence-electron chi connectivity index (χ0n) is 14.1. The average molecular weight is 302 g/mol. The van der Waals surface area contributed by atoms with Crippen molar-refractivity contribution in [3.05, 3.63) is 0 Å². The fourth-order valence-electron chi connectivity index (χ4n) is 2.05. The molecule has 0 aliphatic carbocycles. The van der Waals surface area contributed by atoms with E-state index in [0.717, 1.165) is 6.42 Å². The van der Waals surface area contributed by atoms with E-state index in [0.29, 0.717) is 13.1 Å². The lowest BCUT2D eigenvalue weighted by atomic mass is 9.99. The molecule has 2 unspecified atom stereocenters. The van der Waals surface area contributed by atoms with Crippen LogP contribution in [0.3, 0.4) is 0 Å². The second-order valence-electron chi connectivity index (χ2n) is 6.07. The van der Waals surface area contributed by atoms with Crippen LogP contribution in [0, 0.1) is 5.92 Å². The van der Waals surface area contributed by atoms with Crippen molar-refractivity contribution >= 4 is 11.9 Å². The van der Waals surface area contributed by atoms with Gasteiger partial charge in [-0.25, -0.2) is 4.79 Å². The molecule has 0 rings (SSSR count). The lowest BCUT2D eigenvalue weighted by Crippen LogP contribution is -2.50. The fourth-order valence-corrected chi connectivity index (χ4v) is 2.05. The number of hydrogen-bond acceptors (Lipinski definition) is 5. The van der Waals surface area contributed by atoms with E-state index in [9.17, 15) is 14.7 Å². The van der Waals surface area contributed by atoms with Crippen molar-refractivity contribution in [2.45, 2.75) is 52.7 Å². The molecule has 0 fully saturated rings. The maximum Gasteiger partial charge on any atom is 0.328 e. The minimum Gasteiger partial charge on any atom is -0.467 e. The first-order valence-corrected chi connectivity index (χ1v) is 7.46. The molecule has 0 radical (unpaired) electrons.